The van der Waals surface area contributed by atoms with Gasteiger partial charge in [-0.3, -0.25) is 14.4 Å². The Morgan fingerprint density at radius 2 is 0.500 bits per heavy atom. The van der Waals surface area contributed by atoms with Crippen molar-refractivity contribution in [3.63, 3.8) is 0 Å². The Bertz CT molecular complexity index is 1480. The van der Waals surface area contributed by atoms with Gasteiger partial charge in [0.1, 0.15) is 13.2 Å². The summed E-state index contributed by atoms with van der Waals surface area (Å²) in [5, 5.41) is 0. The van der Waals surface area contributed by atoms with E-state index in [0.29, 0.717) is 19.3 Å². The topological polar surface area (TPSA) is 78.9 Å². The summed E-state index contributed by atoms with van der Waals surface area (Å²) in [4.78, 5) is 38.1. The number of ether oxygens (including phenoxy) is 3. The summed E-state index contributed by atoms with van der Waals surface area (Å²) in [7, 11) is 0. The number of carbonyl (C=O) groups excluding carboxylic acids is 3. The van der Waals surface area contributed by atoms with Crippen molar-refractivity contribution in [2.75, 3.05) is 13.2 Å². The third-order valence-corrected chi connectivity index (χ3v) is 14.6. The molecule has 450 valence electrons. The largest absolute Gasteiger partial charge is 0.462 e. The van der Waals surface area contributed by atoms with Crippen LogP contribution in [0.1, 0.15) is 335 Å². The Kier molecular flexibility index (Phi) is 63.2. The molecule has 0 bridgehead atoms. The zero-order valence-electron chi connectivity index (χ0n) is 51.7. The lowest BCUT2D eigenvalue weighted by atomic mass is 10.0. The number of carbonyl (C=O) groups is 3. The first-order valence-electron chi connectivity index (χ1n) is 33.6. The number of hydrogen-bond acceptors (Lipinski definition) is 6. The molecule has 0 aromatic carbocycles. The lowest BCUT2D eigenvalue weighted by molar-refractivity contribution is -0.167. The standard InChI is InChI=1S/C72H126O6/c1-4-7-10-13-16-18-20-22-24-26-28-30-32-34-36-38-40-42-44-46-48-50-52-54-56-59-62-65-71(74)77-68-69(67-76-70(73)64-61-58-15-12-9-6-3)78-72(75)66-63-60-57-55-53-51-49-47-45-43-41-39-37-35-33-31-29-27-25-23-21-19-17-14-11-8-5-2/h7,10,16,18,22,24,27-30,34,36,40,42,69H,4-6,8-9,11-15,17,19-21,23,25-26,31-33,35,37-39,41,43-68H2,1-3H3/b10-7-,18-16-,24-22-,29-27-,30-28-,36-34-,42-40-. The number of rotatable bonds is 61. The highest BCUT2D eigenvalue weighted by molar-refractivity contribution is 5.71. The van der Waals surface area contributed by atoms with E-state index in [9.17, 15) is 14.4 Å². The van der Waals surface area contributed by atoms with Crippen LogP contribution in [-0.4, -0.2) is 37.2 Å². The summed E-state index contributed by atoms with van der Waals surface area (Å²) >= 11 is 0. The predicted molar refractivity (Wildman–Crippen MR) is 339 cm³/mol. The van der Waals surface area contributed by atoms with Crippen LogP contribution < -0.4 is 0 Å². The third kappa shape index (κ3) is 63.4. The fraction of sp³-hybridized carbons (Fsp3) is 0.764. The van der Waals surface area contributed by atoms with Crippen LogP contribution in [0.4, 0.5) is 0 Å². The zero-order chi connectivity index (χ0) is 56.4. The van der Waals surface area contributed by atoms with Gasteiger partial charge in [0.2, 0.25) is 0 Å². The molecule has 1 atom stereocenters. The van der Waals surface area contributed by atoms with Crippen LogP contribution in [0.2, 0.25) is 0 Å². The molecule has 0 spiro atoms. The summed E-state index contributed by atoms with van der Waals surface area (Å²) in [6.45, 7) is 6.49. The molecule has 0 heterocycles. The minimum atomic E-state index is -0.777. The van der Waals surface area contributed by atoms with Crippen LogP contribution in [0.15, 0.2) is 85.1 Å². The van der Waals surface area contributed by atoms with Crippen molar-refractivity contribution >= 4 is 17.9 Å². The van der Waals surface area contributed by atoms with Crippen LogP contribution in [0.25, 0.3) is 0 Å². The molecule has 0 amide bonds. The first kappa shape index (κ1) is 74.6. The lowest BCUT2D eigenvalue weighted by Gasteiger charge is -2.18. The summed E-state index contributed by atoms with van der Waals surface area (Å²) < 4.78 is 16.8. The highest BCUT2D eigenvalue weighted by Gasteiger charge is 2.19. The quantitative estimate of drug-likeness (QED) is 0.0261. The first-order chi connectivity index (χ1) is 38.5. The molecule has 0 saturated heterocycles. The van der Waals surface area contributed by atoms with Crippen LogP contribution in [0, 0.1) is 0 Å². The normalized spacial score (nSPS) is 12.6. The number of unbranched alkanes of at least 4 members (excludes halogenated alkanes) is 36. The van der Waals surface area contributed by atoms with Crippen molar-refractivity contribution in [3.8, 4) is 0 Å². The van der Waals surface area contributed by atoms with E-state index in [2.05, 4.69) is 106 Å². The Labute approximate surface area is 484 Å². The SMILES string of the molecule is CC/C=C\C/C=C\C/C=C\C/C=C\C/C=C\C/C=C\CCCCCCCCCCC(=O)OCC(COC(=O)CCCCCCCC)OC(=O)CCCCCCCCCCCCCCCCC/C=C\CCCCCCCCCC. The van der Waals surface area contributed by atoms with Crippen molar-refractivity contribution in [1.29, 1.82) is 0 Å². The molecular weight excluding hydrogens is 961 g/mol. The van der Waals surface area contributed by atoms with E-state index >= 15 is 0 Å². The molecule has 0 aromatic heterocycles. The van der Waals surface area contributed by atoms with Crippen molar-refractivity contribution in [2.45, 2.75) is 341 Å². The second-order valence-corrected chi connectivity index (χ2v) is 22.4. The summed E-state index contributed by atoms with van der Waals surface area (Å²) in [5.41, 5.74) is 0. The molecule has 1 unspecified atom stereocenters. The highest BCUT2D eigenvalue weighted by atomic mass is 16.6. The molecule has 6 nitrogen and oxygen atoms in total. The van der Waals surface area contributed by atoms with E-state index in [0.717, 1.165) is 103 Å². The summed E-state index contributed by atoms with van der Waals surface area (Å²) in [5.74, 6) is -0.882. The molecule has 78 heavy (non-hydrogen) atoms. The van der Waals surface area contributed by atoms with Crippen molar-refractivity contribution in [3.05, 3.63) is 85.1 Å². The molecule has 0 radical (unpaired) electrons. The fourth-order valence-corrected chi connectivity index (χ4v) is 9.62. The maximum absolute atomic E-state index is 12.9. The number of allylic oxidation sites excluding steroid dienone is 14. The molecular formula is C72H126O6. The minimum absolute atomic E-state index is 0.0768. The minimum Gasteiger partial charge on any atom is -0.462 e. The van der Waals surface area contributed by atoms with Crippen LogP contribution in [0.5, 0.6) is 0 Å². The van der Waals surface area contributed by atoms with Crippen molar-refractivity contribution in [2.24, 2.45) is 0 Å². The smallest absolute Gasteiger partial charge is 0.306 e. The van der Waals surface area contributed by atoms with Gasteiger partial charge in [0.15, 0.2) is 6.10 Å². The summed E-state index contributed by atoms with van der Waals surface area (Å²) in [6, 6.07) is 0. The maximum Gasteiger partial charge on any atom is 0.306 e. The van der Waals surface area contributed by atoms with Gasteiger partial charge in [0, 0.05) is 19.3 Å². The van der Waals surface area contributed by atoms with Crippen LogP contribution >= 0.6 is 0 Å². The lowest BCUT2D eigenvalue weighted by Crippen LogP contribution is -2.30. The van der Waals surface area contributed by atoms with E-state index in [4.69, 9.17) is 14.2 Å². The molecule has 0 fully saturated rings. The first-order valence-corrected chi connectivity index (χ1v) is 33.6. The van der Waals surface area contributed by atoms with Crippen molar-refractivity contribution in [1.82, 2.24) is 0 Å². The molecule has 0 N–H and O–H groups in total. The van der Waals surface area contributed by atoms with E-state index in [-0.39, 0.29) is 31.1 Å². The van der Waals surface area contributed by atoms with Gasteiger partial charge in [0.25, 0.3) is 0 Å². The summed E-state index contributed by atoms with van der Waals surface area (Å²) in [6.07, 6.45) is 87.8. The Morgan fingerprint density at radius 3 is 0.795 bits per heavy atom. The predicted octanol–water partition coefficient (Wildman–Crippen LogP) is 23.1. The van der Waals surface area contributed by atoms with Gasteiger partial charge in [-0.1, -0.05) is 305 Å². The molecule has 0 rings (SSSR count). The van der Waals surface area contributed by atoms with E-state index in [1.165, 1.54) is 193 Å². The van der Waals surface area contributed by atoms with Crippen molar-refractivity contribution < 1.29 is 28.6 Å². The van der Waals surface area contributed by atoms with Gasteiger partial charge in [-0.05, 0) is 96.3 Å². The van der Waals surface area contributed by atoms with E-state index < -0.39 is 6.10 Å². The average molecular weight is 1090 g/mol. The van der Waals surface area contributed by atoms with E-state index in [1.807, 2.05) is 0 Å². The zero-order valence-corrected chi connectivity index (χ0v) is 51.7. The second-order valence-electron chi connectivity index (χ2n) is 22.4. The fourth-order valence-electron chi connectivity index (χ4n) is 9.62. The highest BCUT2D eigenvalue weighted by Crippen LogP contribution is 2.17. The van der Waals surface area contributed by atoms with E-state index in [1.54, 1.807) is 0 Å². The molecule has 0 aliphatic heterocycles. The van der Waals surface area contributed by atoms with Gasteiger partial charge in [-0.2, -0.15) is 0 Å². The molecule has 0 aromatic rings. The number of esters is 3. The second kappa shape index (κ2) is 66.1. The maximum atomic E-state index is 12.9. The molecule has 6 heteroatoms. The van der Waals surface area contributed by atoms with Gasteiger partial charge in [-0.15, -0.1) is 0 Å². The van der Waals surface area contributed by atoms with Gasteiger partial charge >= 0.3 is 17.9 Å². The van der Waals surface area contributed by atoms with Gasteiger partial charge in [0.05, 0.1) is 0 Å². The Hall–Kier alpha value is -3.41. The number of hydrogen-bond donors (Lipinski definition) is 0. The third-order valence-electron chi connectivity index (χ3n) is 14.6. The Balaban J connectivity index is 4.07. The van der Waals surface area contributed by atoms with Gasteiger partial charge < -0.3 is 14.2 Å². The average Bonchev–Trinajstić information content (AvgIpc) is 3.44. The Morgan fingerprint density at radius 1 is 0.269 bits per heavy atom. The molecule has 0 aliphatic carbocycles. The molecule has 0 aliphatic rings. The molecule has 0 saturated carbocycles. The van der Waals surface area contributed by atoms with Crippen LogP contribution in [-0.2, 0) is 28.6 Å². The van der Waals surface area contributed by atoms with Gasteiger partial charge in [-0.25, -0.2) is 0 Å². The van der Waals surface area contributed by atoms with Crippen LogP contribution in [0.3, 0.4) is 0 Å². The monoisotopic (exact) mass is 1090 g/mol.